The predicted molar refractivity (Wildman–Crippen MR) is 117 cm³/mol. The molecule has 2 atom stereocenters. The number of nitrogens with one attached hydrogen (secondary N) is 2. The molecule has 34 heavy (non-hydrogen) atoms. The van der Waals surface area contributed by atoms with Gasteiger partial charge in [-0.3, -0.25) is 9.48 Å². The molecular formula is C22H21ClF5N5O. The Hall–Kier alpha value is -2.95. The van der Waals surface area contributed by atoms with E-state index in [4.69, 9.17) is 11.6 Å². The van der Waals surface area contributed by atoms with Crippen molar-refractivity contribution in [2.24, 2.45) is 0 Å². The van der Waals surface area contributed by atoms with Crippen molar-refractivity contribution in [1.29, 1.82) is 0 Å². The average Bonchev–Trinajstić information content (AvgIpc) is 3.21. The first-order valence-corrected chi connectivity index (χ1v) is 11.0. The molecule has 0 aliphatic heterocycles. The first-order valence-electron chi connectivity index (χ1n) is 10.6. The van der Waals surface area contributed by atoms with Gasteiger partial charge in [0.05, 0.1) is 17.3 Å². The first-order chi connectivity index (χ1) is 16.1. The van der Waals surface area contributed by atoms with Crippen LogP contribution in [0.5, 0.6) is 0 Å². The van der Waals surface area contributed by atoms with Crippen LogP contribution in [-0.2, 0) is 12.7 Å². The Bertz CT molecular complexity index is 1180. The van der Waals surface area contributed by atoms with Crippen molar-refractivity contribution in [3.8, 4) is 0 Å². The minimum atomic E-state index is -4.61. The fourth-order valence-corrected chi connectivity index (χ4v) is 4.30. The number of pyridine rings is 1. The van der Waals surface area contributed by atoms with Crippen LogP contribution in [0.3, 0.4) is 0 Å². The summed E-state index contributed by atoms with van der Waals surface area (Å²) in [6.07, 6.45) is -2.12. The van der Waals surface area contributed by atoms with Crippen molar-refractivity contribution in [2.75, 3.05) is 5.32 Å². The lowest BCUT2D eigenvalue weighted by molar-refractivity contribution is -0.140. The van der Waals surface area contributed by atoms with E-state index in [2.05, 4.69) is 20.7 Å². The highest BCUT2D eigenvalue weighted by molar-refractivity contribution is 6.31. The van der Waals surface area contributed by atoms with Crippen LogP contribution in [0.25, 0.3) is 10.9 Å². The number of carbonyl (C=O) groups excluding carboxylic acids is 1. The molecule has 1 aliphatic carbocycles. The summed E-state index contributed by atoms with van der Waals surface area (Å²) in [5, 5.41) is 10.7. The average molecular weight is 502 g/mol. The van der Waals surface area contributed by atoms with Gasteiger partial charge >= 0.3 is 6.18 Å². The summed E-state index contributed by atoms with van der Waals surface area (Å²) in [4.78, 5) is 16.2. The number of anilines is 1. The van der Waals surface area contributed by atoms with Crippen LogP contribution in [0.2, 0.25) is 5.02 Å². The number of nitrogens with zero attached hydrogens (tertiary/aromatic N) is 3. The molecule has 0 radical (unpaired) electrons. The van der Waals surface area contributed by atoms with Gasteiger partial charge in [-0.25, -0.2) is 13.8 Å². The number of alkyl halides is 5. The highest BCUT2D eigenvalue weighted by Gasteiger charge is 2.34. The molecule has 4 rings (SSSR count). The monoisotopic (exact) mass is 501 g/mol. The molecule has 6 nitrogen and oxygen atoms in total. The predicted octanol–water partition coefficient (Wildman–Crippen LogP) is 5.52. The first kappa shape index (κ1) is 24.2. The van der Waals surface area contributed by atoms with E-state index in [0.29, 0.717) is 29.7 Å². The number of aromatic nitrogens is 3. The Balaban J connectivity index is 1.48. The smallest absolute Gasteiger partial charge is 0.382 e. The number of benzene rings is 1. The Morgan fingerprint density at radius 3 is 2.71 bits per heavy atom. The molecule has 1 saturated carbocycles. The summed E-state index contributed by atoms with van der Waals surface area (Å²) in [7, 11) is 0. The maximum absolute atomic E-state index is 13.4. The molecule has 2 N–H and O–H groups in total. The maximum Gasteiger partial charge on any atom is 0.433 e. The summed E-state index contributed by atoms with van der Waals surface area (Å²) in [6.45, 7) is -0.605. The number of halogens is 6. The van der Waals surface area contributed by atoms with Crippen LogP contribution >= 0.6 is 11.6 Å². The van der Waals surface area contributed by atoms with Gasteiger partial charge < -0.3 is 10.6 Å². The normalized spacial score (nSPS) is 18.9. The number of hydrogen-bond acceptors (Lipinski definition) is 4. The van der Waals surface area contributed by atoms with Crippen molar-refractivity contribution in [1.82, 2.24) is 20.1 Å². The highest BCUT2D eigenvalue weighted by Crippen LogP contribution is 2.35. The zero-order valence-electron chi connectivity index (χ0n) is 17.7. The molecule has 2 aromatic heterocycles. The maximum atomic E-state index is 13.4. The van der Waals surface area contributed by atoms with Crippen molar-refractivity contribution in [3.05, 3.63) is 52.9 Å². The standard InChI is InChI=1S/C22H21ClF5N5O/c23-13-4-5-17-16(6-13)18(8-19(32-17)22(26,27)28)30-14-2-1-3-15(7-14)31-21(34)12-9-29-33(10-12)11-20(24)25/h4-6,8-10,14-15,20H,1-3,7,11H2,(H,30,32)(H,31,34)/t14-,15+/m0/s1. The third-order valence-corrected chi connectivity index (χ3v) is 5.89. The lowest BCUT2D eigenvalue weighted by Gasteiger charge is -2.31. The Labute approximate surface area is 196 Å². The van der Waals surface area contributed by atoms with Crippen LogP contribution in [0.4, 0.5) is 27.6 Å². The molecule has 1 amide bonds. The summed E-state index contributed by atoms with van der Waals surface area (Å²) in [5.41, 5.74) is -0.403. The van der Waals surface area contributed by atoms with E-state index in [1.165, 1.54) is 24.5 Å². The zero-order valence-corrected chi connectivity index (χ0v) is 18.5. The van der Waals surface area contributed by atoms with Crippen LogP contribution in [0.1, 0.15) is 41.7 Å². The number of fused-ring (bicyclic) bond motifs is 1. The number of hydrogen-bond donors (Lipinski definition) is 2. The van der Waals surface area contributed by atoms with Crippen LogP contribution in [0.15, 0.2) is 36.7 Å². The van der Waals surface area contributed by atoms with Gasteiger partial charge in [0, 0.05) is 34.4 Å². The summed E-state index contributed by atoms with van der Waals surface area (Å²) in [6, 6.07) is 5.01. The minimum absolute atomic E-state index is 0.167. The molecule has 0 unspecified atom stereocenters. The molecule has 182 valence electrons. The topological polar surface area (TPSA) is 71.8 Å². The quantitative estimate of drug-likeness (QED) is 0.436. The second-order valence-electron chi connectivity index (χ2n) is 8.23. The summed E-state index contributed by atoms with van der Waals surface area (Å²) < 4.78 is 66.1. The third-order valence-electron chi connectivity index (χ3n) is 5.65. The SMILES string of the molecule is O=C(N[C@@H]1CCC[C@H](Nc2cc(C(F)(F)F)nc3ccc(Cl)cc23)C1)c1cnn(CC(F)F)c1. The van der Waals surface area contributed by atoms with Gasteiger partial charge in [-0.2, -0.15) is 18.3 Å². The molecule has 2 heterocycles. The van der Waals surface area contributed by atoms with Crippen LogP contribution < -0.4 is 10.6 Å². The van der Waals surface area contributed by atoms with Crippen LogP contribution in [0, 0.1) is 0 Å². The third kappa shape index (κ3) is 5.75. The zero-order chi connectivity index (χ0) is 24.5. The minimum Gasteiger partial charge on any atom is -0.382 e. The lowest BCUT2D eigenvalue weighted by Crippen LogP contribution is -2.41. The molecule has 1 aliphatic rings. The van der Waals surface area contributed by atoms with E-state index in [-0.39, 0.29) is 28.9 Å². The molecule has 0 saturated heterocycles. The second-order valence-corrected chi connectivity index (χ2v) is 8.67. The van der Waals surface area contributed by atoms with Crippen molar-refractivity contribution >= 4 is 34.1 Å². The Morgan fingerprint density at radius 1 is 1.21 bits per heavy atom. The van der Waals surface area contributed by atoms with E-state index in [1.807, 2.05) is 0 Å². The number of amides is 1. The van der Waals surface area contributed by atoms with Gasteiger partial charge in [0.25, 0.3) is 12.3 Å². The Morgan fingerprint density at radius 2 is 1.97 bits per heavy atom. The molecule has 12 heteroatoms. The second kappa shape index (κ2) is 9.73. The van der Waals surface area contributed by atoms with Gasteiger partial charge in [0.2, 0.25) is 0 Å². The molecule has 0 spiro atoms. The largest absolute Gasteiger partial charge is 0.433 e. The van der Waals surface area contributed by atoms with Crippen molar-refractivity contribution in [2.45, 2.75) is 56.9 Å². The van der Waals surface area contributed by atoms with Gasteiger partial charge in [-0.05, 0) is 49.9 Å². The fraction of sp³-hybridized carbons (Fsp3) is 0.409. The summed E-state index contributed by atoms with van der Waals surface area (Å²) >= 11 is 6.06. The van der Waals surface area contributed by atoms with Gasteiger partial charge in [-0.15, -0.1) is 0 Å². The molecule has 0 bridgehead atoms. The lowest BCUT2D eigenvalue weighted by atomic mass is 9.90. The van der Waals surface area contributed by atoms with E-state index >= 15 is 0 Å². The van der Waals surface area contributed by atoms with E-state index in [9.17, 15) is 26.7 Å². The van der Waals surface area contributed by atoms with Crippen molar-refractivity contribution in [3.63, 3.8) is 0 Å². The fourth-order valence-electron chi connectivity index (χ4n) is 4.13. The van der Waals surface area contributed by atoms with Gasteiger partial charge in [0.1, 0.15) is 12.2 Å². The molecule has 3 aromatic rings. The van der Waals surface area contributed by atoms with Gasteiger partial charge in [0.15, 0.2) is 0 Å². The molecule has 1 fully saturated rings. The van der Waals surface area contributed by atoms with Crippen molar-refractivity contribution < 1.29 is 26.7 Å². The highest BCUT2D eigenvalue weighted by atomic mass is 35.5. The van der Waals surface area contributed by atoms with Gasteiger partial charge in [-0.1, -0.05) is 11.6 Å². The molecular weight excluding hydrogens is 481 g/mol. The van der Waals surface area contributed by atoms with Crippen LogP contribution in [-0.4, -0.2) is 39.2 Å². The van der Waals surface area contributed by atoms with E-state index in [0.717, 1.165) is 17.2 Å². The van der Waals surface area contributed by atoms with E-state index < -0.39 is 30.7 Å². The number of carbonyl (C=O) groups is 1. The number of rotatable bonds is 6. The van der Waals surface area contributed by atoms with E-state index in [1.54, 1.807) is 6.07 Å². The molecule has 1 aromatic carbocycles. The Kier molecular flexibility index (Phi) is 6.92. The summed E-state index contributed by atoms with van der Waals surface area (Å²) in [5.74, 6) is -0.438.